The predicted molar refractivity (Wildman–Crippen MR) is 250 cm³/mol. The van der Waals surface area contributed by atoms with Crippen molar-refractivity contribution in [2.45, 2.75) is 135 Å². The molecule has 0 spiro atoms. The summed E-state index contributed by atoms with van der Waals surface area (Å²) in [7, 11) is 2.91. The molecule has 0 saturated carbocycles. The van der Waals surface area contributed by atoms with E-state index in [2.05, 4.69) is 16.0 Å². The monoisotopic (exact) mass is 970 g/mol. The topological polar surface area (TPSA) is 201 Å². The number of carbonyl (C=O) groups excluding carboxylic acids is 4. The van der Waals surface area contributed by atoms with Gasteiger partial charge in [0.15, 0.2) is 9.84 Å². The fourth-order valence-corrected chi connectivity index (χ4v) is 10.3. The molecule has 1 fully saturated rings. The number of likely N-dealkylation sites (tertiary alicyclic amines) is 1. The number of nitrogens with one attached hydrogen (secondary N) is 3. The number of rotatable bonds is 24. The third-order valence-electron chi connectivity index (χ3n) is 12.3. The van der Waals surface area contributed by atoms with Crippen LogP contribution in [-0.2, 0) is 55.5 Å². The molecule has 1 saturated heterocycles. The van der Waals surface area contributed by atoms with Gasteiger partial charge in [0.05, 0.1) is 54.2 Å². The molecule has 4 amide bonds. The molecule has 3 rings (SSSR count). The maximum absolute atomic E-state index is 14.3. The number of alkyl halides is 3. The third kappa shape index (κ3) is 18.1. The van der Waals surface area contributed by atoms with E-state index in [1.807, 2.05) is 77.9 Å². The number of hydrogen-bond acceptors (Lipinski definition) is 10. The Labute approximate surface area is 395 Å². The number of carbonyl (C=O) groups is 5. The maximum atomic E-state index is 14.3. The van der Waals surface area contributed by atoms with E-state index >= 15 is 0 Å². The first kappa shape index (κ1) is 58.5. The van der Waals surface area contributed by atoms with Crippen LogP contribution >= 0.6 is 0 Å². The fourth-order valence-electron chi connectivity index (χ4n) is 8.63. The van der Waals surface area contributed by atoms with Gasteiger partial charge >= 0.3 is 12.1 Å². The van der Waals surface area contributed by atoms with E-state index in [0.29, 0.717) is 37.8 Å². The van der Waals surface area contributed by atoms with Gasteiger partial charge in [-0.2, -0.15) is 13.2 Å². The number of amides is 4. The normalized spacial score (nSPS) is 17.8. The van der Waals surface area contributed by atoms with Gasteiger partial charge in [0.25, 0.3) is 0 Å². The second-order valence-corrected chi connectivity index (χ2v) is 20.2. The lowest BCUT2D eigenvalue weighted by Crippen LogP contribution is -2.59. The number of aliphatic carboxylic acids is 1. The van der Waals surface area contributed by atoms with E-state index in [0.717, 1.165) is 5.56 Å². The Hall–Kier alpha value is -4.59. The Morgan fingerprint density at radius 1 is 0.851 bits per heavy atom. The lowest BCUT2D eigenvalue weighted by Gasteiger charge is -2.41. The van der Waals surface area contributed by atoms with E-state index in [1.165, 1.54) is 7.11 Å². The molecular formula is C48H74F3N5O10S. The SMILES string of the molecule is CC[C@H](C)[C@@H]([C@@H](CC(=O)N1CCC[C@H]1[C@H](OC)[C@@H](C)C(=O)N[C@@H](Cc1ccccc1)CS(=O)(=O)Cc1ccccc1)OC)N(C)C(=O)[C@@H](NC(=O)[C@@H](NC)C(C)C)C(C)C.O=C(O)C(F)(F)F. The van der Waals surface area contributed by atoms with Crippen LogP contribution in [0.5, 0.6) is 0 Å². The zero-order valence-corrected chi connectivity index (χ0v) is 41.7. The summed E-state index contributed by atoms with van der Waals surface area (Å²) in [4.78, 5) is 68.2. The highest BCUT2D eigenvalue weighted by atomic mass is 32.2. The summed E-state index contributed by atoms with van der Waals surface area (Å²) in [6.45, 7) is 14.0. The average molecular weight is 970 g/mol. The molecule has 1 aliphatic rings. The second kappa shape index (κ2) is 27.4. The van der Waals surface area contributed by atoms with E-state index in [4.69, 9.17) is 19.4 Å². The molecule has 0 aromatic heterocycles. The van der Waals surface area contributed by atoms with Gasteiger partial charge in [-0.1, -0.05) is 116 Å². The van der Waals surface area contributed by atoms with Crippen LogP contribution in [0.3, 0.4) is 0 Å². The first-order valence-corrected chi connectivity index (χ1v) is 24.6. The number of benzene rings is 2. The van der Waals surface area contributed by atoms with Crippen molar-refractivity contribution in [3.8, 4) is 0 Å². The number of likely N-dealkylation sites (N-methyl/N-ethyl adjacent to an activating group) is 2. The predicted octanol–water partition coefficient (Wildman–Crippen LogP) is 5.27. The van der Waals surface area contributed by atoms with Gasteiger partial charge in [-0.3, -0.25) is 19.2 Å². The molecule has 0 unspecified atom stereocenters. The van der Waals surface area contributed by atoms with Crippen LogP contribution in [-0.4, -0.2) is 142 Å². The molecule has 15 nitrogen and oxygen atoms in total. The number of carboxylic acid groups (broad SMARTS) is 1. The van der Waals surface area contributed by atoms with Gasteiger partial charge in [0, 0.05) is 33.9 Å². The molecule has 0 bridgehead atoms. The first-order chi connectivity index (χ1) is 31.3. The molecular weight excluding hydrogens is 896 g/mol. The van der Waals surface area contributed by atoms with Crippen molar-refractivity contribution in [1.82, 2.24) is 25.8 Å². The summed E-state index contributed by atoms with van der Waals surface area (Å²) < 4.78 is 70.7. The molecule has 9 atom stereocenters. The van der Waals surface area contributed by atoms with Gasteiger partial charge in [-0.15, -0.1) is 0 Å². The average Bonchev–Trinajstić information content (AvgIpc) is 3.75. The number of hydrogen-bond donors (Lipinski definition) is 4. The summed E-state index contributed by atoms with van der Waals surface area (Å²) in [5.41, 5.74) is 1.58. The lowest BCUT2D eigenvalue weighted by atomic mass is 9.89. The number of sulfone groups is 1. The largest absolute Gasteiger partial charge is 0.490 e. The standard InChI is InChI=1S/C46H73N5O8S.C2HF3O2/c1-12-32(6)42(50(9)46(55)41(31(4)5)49-45(54)40(47-8)30(2)3)38(58-10)27-39(52)51-25-19-24-37(51)43(59-11)33(7)44(53)48-36(26-34-20-15-13-16-21-34)29-60(56,57)28-35-22-17-14-18-23-35;3-2(4,5)1(6)7/h13-18,20-23,30-33,36-38,40-43,47H,12,19,24-29H2,1-11H3,(H,48,53)(H,49,54);(H,6,7)/t32-,33+,36-,37-,38+,40-,41-,42-,43+;/m0./s1. The fraction of sp³-hybridized carbons (Fsp3) is 0.646. The quantitative estimate of drug-likeness (QED) is 0.107. The van der Waals surface area contributed by atoms with Gasteiger partial charge < -0.3 is 40.3 Å². The Morgan fingerprint density at radius 2 is 1.39 bits per heavy atom. The van der Waals surface area contributed by atoms with Crippen molar-refractivity contribution < 1.29 is 60.1 Å². The van der Waals surface area contributed by atoms with E-state index in [9.17, 15) is 40.8 Å². The molecule has 19 heteroatoms. The van der Waals surface area contributed by atoms with Crippen LogP contribution in [0.15, 0.2) is 60.7 Å². The molecule has 4 N–H and O–H groups in total. The van der Waals surface area contributed by atoms with Crippen molar-refractivity contribution in [3.63, 3.8) is 0 Å². The minimum absolute atomic E-state index is 0.0110. The maximum Gasteiger partial charge on any atom is 0.490 e. The summed E-state index contributed by atoms with van der Waals surface area (Å²) in [6.07, 6.45) is -4.06. The van der Waals surface area contributed by atoms with Crippen molar-refractivity contribution in [1.29, 1.82) is 0 Å². The lowest BCUT2D eigenvalue weighted by molar-refractivity contribution is -0.192. The highest BCUT2D eigenvalue weighted by Crippen LogP contribution is 2.30. The van der Waals surface area contributed by atoms with Crippen molar-refractivity contribution in [2.24, 2.45) is 23.7 Å². The minimum atomic E-state index is -5.08. The summed E-state index contributed by atoms with van der Waals surface area (Å²) in [5, 5.41) is 16.2. The molecule has 0 aliphatic carbocycles. The van der Waals surface area contributed by atoms with Gasteiger partial charge in [-0.25, -0.2) is 13.2 Å². The highest BCUT2D eigenvalue weighted by molar-refractivity contribution is 7.90. The highest BCUT2D eigenvalue weighted by Gasteiger charge is 2.43. The molecule has 1 aliphatic heterocycles. The van der Waals surface area contributed by atoms with E-state index < -0.39 is 70.3 Å². The number of halogens is 3. The molecule has 67 heavy (non-hydrogen) atoms. The van der Waals surface area contributed by atoms with Crippen LogP contribution in [0.1, 0.15) is 85.3 Å². The van der Waals surface area contributed by atoms with E-state index in [-0.39, 0.29) is 59.3 Å². The van der Waals surface area contributed by atoms with Gasteiger partial charge in [0.2, 0.25) is 23.6 Å². The summed E-state index contributed by atoms with van der Waals surface area (Å²) in [6, 6.07) is 15.6. The first-order valence-electron chi connectivity index (χ1n) is 22.8. The van der Waals surface area contributed by atoms with Crippen molar-refractivity contribution >= 4 is 39.4 Å². The minimum Gasteiger partial charge on any atom is -0.475 e. The molecule has 1 heterocycles. The molecule has 0 radical (unpaired) electrons. The Balaban J connectivity index is 0.00000203. The smallest absolute Gasteiger partial charge is 0.475 e. The van der Waals surface area contributed by atoms with Crippen molar-refractivity contribution in [2.75, 3.05) is 40.6 Å². The van der Waals surface area contributed by atoms with Crippen LogP contribution in [0, 0.1) is 23.7 Å². The van der Waals surface area contributed by atoms with Crippen molar-refractivity contribution in [3.05, 3.63) is 71.8 Å². The Kier molecular flexibility index (Phi) is 24.0. The van der Waals surface area contributed by atoms with Crippen LogP contribution in [0.25, 0.3) is 0 Å². The number of ether oxygens (including phenoxy) is 2. The molecule has 2 aromatic rings. The zero-order valence-electron chi connectivity index (χ0n) is 40.8. The zero-order chi connectivity index (χ0) is 50.8. The number of nitrogens with zero attached hydrogens (tertiary/aromatic N) is 2. The van der Waals surface area contributed by atoms with Crippen LogP contribution in [0.2, 0.25) is 0 Å². The number of methoxy groups -OCH3 is 2. The molecule has 378 valence electrons. The number of carboxylic acids is 1. The summed E-state index contributed by atoms with van der Waals surface area (Å²) in [5.74, 6) is -5.13. The Bertz CT molecular complexity index is 1980. The Morgan fingerprint density at radius 3 is 1.85 bits per heavy atom. The van der Waals surface area contributed by atoms with Crippen LogP contribution < -0.4 is 16.0 Å². The van der Waals surface area contributed by atoms with Gasteiger partial charge in [-0.05, 0) is 55.2 Å². The van der Waals surface area contributed by atoms with Crippen LogP contribution in [0.4, 0.5) is 13.2 Å². The van der Waals surface area contributed by atoms with E-state index in [1.54, 1.807) is 62.2 Å². The summed E-state index contributed by atoms with van der Waals surface area (Å²) >= 11 is 0. The van der Waals surface area contributed by atoms with Gasteiger partial charge in [0.1, 0.15) is 6.04 Å². The molecule has 2 aromatic carbocycles. The third-order valence-corrected chi connectivity index (χ3v) is 14.0. The second-order valence-electron chi connectivity index (χ2n) is 18.1.